The van der Waals surface area contributed by atoms with Crippen molar-refractivity contribution in [3.8, 4) is 0 Å². The van der Waals surface area contributed by atoms with Crippen molar-refractivity contribution in [2.75, 3.05) is 0 Å². The SMILES string of the molecule is CC1(C)CCCC(C)(C)N1O.[Cl][Pd+].c1ccc([PH+](c2ccccc2)c2ccccc2)cc1. The first-order valence-corrected chi connectivity index (χ1v) is 14.5. The van der Waals surface area contributed by atoms with E-state index in [1.54, 1.807) is 0 Å². The summed E-state index contributed by atoms with van der Waals surface area (Å²) in [5.74, 6) is 0. The Morgan fingerprint density at radius 2 is 0.938 bits per heavy atom. The molecular weight excluding hydrogens is 527 g/mol. The first-order chi connectivity index (χ1) is 15.3. The van der Waals surface area contributed by atoms with E-state index in [0.717, 1.165) is 12.8 Å². The minimum atomic E-state index is -0.877. The molecule has 1 heterocycles. The third kappa shape index (κ3) is 7.50. The van der Waals surface area contributed by atoms with Gasteiger partial charge in [0.05, 0.1) is 7.92 Å². The molecule has 1 aliphatic heterocycles. The number of halogens is 1. The van der Waals surface area contributed by atoms with Gasteiger partial charge in [0.25, 0.3) is 0 Å². The first kappa shape index (κ1) is 27.2. The average molecular weight is 562 g/mol. The zero-order chi connectivity index (χ0) is 23.6. The normalized spacial score (nSPS) is 16.9. The summed E-state index contributed by atoms with van der Waals surface area (Å²) < 4.78 is 0. The molecule has 3 aromatic rings. The number of rotatable bonds is 3. The summed E-state index contributed by atoms with van der Waals surface area (Å²) in [4.78, 5) is 0. The van der Waals surface area contributed by atoms with Gasteiger partial charge in [-0.25, -0.2) is 0 Å². The molecule has 174 valence electrons. The molecule has 0 unspecified atom stereocenters. The molecule has 5 heteroatoms. The van der Waals surface area contributed by atoms with Crippen LogP contribution in [0.5, 0.6) is 0 Å². The summed E-state index contributed by atoms with van der Waals surface area (Å²) >= 11 is 2.22. The Labute approximate surface area is 210 Å². The monoisotopic (exact) mass is 561 g/mol. The molecule has 1 aliphatic rings. The molecule has 1 fully saturated rings. The Kier molecular flexibility index (Phi) is 11.1. The molecule has 0 bridgehead atoms. The van der Waals surface area contributed by atoms with Crippen LogP contribution in [0.1, 0.15) is 47.0 Å². The predicted octanol–water partition coefficient (Wildman–Crippen LogP) is 6.28. The Morgan fingerprint density at radius 1 is 0.656 bits per heavy atom. The molecule has 0 spiro atoms. The van der Waals surface area contributed by atoms with Crippen molar-refractivity contribution in [2.24, 2.45) is 0 Å². The van der Waals surface area contributed by atoms with Crippen molar-refractivity contribution in [1.82, 2.24) is 5.06 Å². The van der Waals surface area contributed by atoms with Crippen LogP contribution in [-0.2, 0) is 18.2 Å². The molecule has 0 radical (unpaired) electrons. The van der Waals surface area contributed by atoms with Crippen molar-refractivity contribution in [1.29, 1.82) is 0 Å². The molecule has 2 nitrogen and oxygen atoms in total. The van der Waals surface area contributed by atoms with Gasteiger partial charge in [0.15, 0.2) is 0 Å². The maximum absolute atomic E-state index is 9.80. The van der Waals surface area contributed by atoms with Gasteiger partial charge in [0.1, 0.15) is 15.9 Å². The fraction of sp³-hybridized carbons (Fsp3) is 0.333. The van der Waals surface area contributed by atoms with Crippen LogP contribution in [0, 0.1) is 0 Å². The van der Waals surface area contributed by atoms with Crippen LogP contribution in [0.4, 0.5) is 0 Å². The molecule has 0 atom stereocenters. The fourth-order valence-electron chi connectivity index (χ4n) is 4.30. The van der Waals surface area contributed by atoms with Crippen LogP contribution in [0.15, 0.2) is 91.0 Å². The van der Waals surface area contributed by atoms with Crippen molar-refractivity contribution >= 4 is 33.4 Å². The molecular formula is C27H35ClNOPPd+2. The minimum Gasteiger partial charge on any atom is -0.0620 e. The predicted molar refractivity (Wildman–Crippen MR) is 138 cm³/mol. The van der Waals surface area contributed by atoms with E-state index in [4.69, 9.17) is 0 Å². The quantitative estimate of drug-likeness (QED) is 0.300. The van der Waals surface area contributed by atoms with Crippen LogP contribution < -0.4 is 15.9 Å². The van der Waals surface area contributed by atoms with E-state index in [1.165, 1.54) is 27.4 Å². The maximum Gasteiger partial charge on any atom is 0.102 e. The van der Waals surface area contributed by atoms with E-state index in [9.17, 15) is 5.21 Å². The fourth-order valence-corrected chi connectivity index (χ4v) is 6.88. The van der Waals surface area contributed by atoms with Crippen molar-refractivity contribution in [3.05, 3.63) is 91.0 Å². The summed E-state index contributed by atoms with van der Waals surface area (Å²) in [6, 6.07) is 32.5. The Bertz CT molecular complexity index is 797. The van der Waals surface area contributed by atoms with Gasteiger partial charge in [-0.05, 0) is 83.4 Å². The molecule has 0 aliphatic carbocycles. The zero-order valence-electron chi connectivity index (χ0n) is 19.4. The second-order valence-electron chi connectivity index (χ2n) is 9.26. The number of benzene rings is 3. The van der Waals surface area contributed by atoms with Gasteiger partial charge < -0.3 is 5.21 Å². The van der Waals surface area contributed by atoms with Gasteiger partial charge in [-0.3, -0.25) is 0 Å². The van der Waals surface area contributed by atoms with Gasteiger partial charge in [-0.15, -0.1) is 0 Å². The van der Waals surface area contributed by atoms with Gasteiger partial charge in [0, 0.05) is 11.1 Å². The smallest absolute Gasteiger partial charge is 0.0620 e. The van der Waals surface area contributed by atoms with Crippen LogP contribution in [0.3, 0.4) is 0 Å². The van der Waals surface area contributed by atoms with Crippen molar-refractivity contribution in [2.45, 2.75) is 58.0 Å². The molecule has 0 amide bonds. The Hall–Kier alpha value is -1.04. The first-order valence-electron chi connectivity index (χ1n) is 11.0. The van der Waals surface area contributed by atoms with Crippen LogP contribution in [0.2, 0.25) is 0 Å². The van der Waals surface area contributed by atoms with Gasteiger partial charge >= 0.3 is 27.7 Å². The van der Waals surface area contributed by atoms with Gasteiger partial charge in [-0.1, -0.05) is 54.6 Å². The van der Waals surface area contributed by atoms with Crippen LogP contribution in [0.25, 0.3) is 0 Å². The molecule has 0 aromatic heterocycles. The van der Waals surface area contributed by atoms with Crippen molar-refractivity contribution in [3.63, 3.8) is 0 Å². The molecule has 1 N–H and O–H groups in total. The minimum absolute atomic E-state index is 0.0399. The van der Waals surface area contributed by atoms with E-state index >= 15 is 0 Å². The average Bonchev–Trinajstić information content (AvgIpc) is 2.82. The largest absolute Gasteiger partial charge is 0.102 e. The topological polar surface area (TPSA) is 23.5 Å². The standard InChI is InChI=1S/C18H15P.C9H19NO.ClH.Pd/c1-4-10-16(11-5-1)19(17-12-6-2-7-13-17)18-14-8-3-9-15-18;1-8(2)6-5-7-9(3,4)10(8)11;;/h1-15H;11H,5-7H2,1-4H3;1H;/q;;;+2. The summed E-state index contributed by atoms with van der Waals surface area (Å²) in [5, 5.41) is 15.6. The second-order valence-corrected chi connectivity index (χ2v) is 11.7. The number of piperidine rings is 1. The maximum atomic E-state index is 9.80. The molecule has 3 aromatic carbocycles. The Balaban J connectivity index is 0.000000239. The third-order valence-electron chi connectivity index (χ3n) is 5.91. The number of hydroxylamine groups is 2. The molecule has 32 heavy (non-hydrogen) atoms. The van der Waals surface area contributed by atoms with E-state index in [-0.39, 0.29) is 11.1 Å². The van der Waals surface area contributed by atoms with E-state index in [2.05, 4.69) is 146 Å². The van der Waals surface area contributed by atoms with E-state index < -0.39 is 7.92 Å². The van der Waals surface area contributed by atoms with Gasteiger partial charge in [0.2, 0.25) is 0 Å². The molecule has 4 rings (SSSR count). The molecule has 0 saturated carbocycles. The number of nitrogens with zero attached hydrogens (tertiary/aromatic N) is 1. The number of hydrogen-bond donors (Lipinski definition) is 1. The zero-order valence-corrected chi connectivity index (χ0v) is 22.7. The summed E-state index contributed by atoms with van der Waals surface area (Å²) in [5.41, 5.74) is -0.0799. The van der Waals surface area contributed by atoms with Gasteiger partial charge in [-0.2, -0.15) is 5.06 Å². The summed E-state index contributed by atoms with van der Waals surface area (Å²) in [6.07, 6.45) is 3.40. The second kappa shape index (κ2) is 13.0. The Morgan fingerprint density at radius 3 is 1.19 bits per heavy atom. The summed E-state index contributed by atoms with van der Waals surface area (Å²) in [6.45, 7) is 8.36. The summed E-state index contributed by atoms with van der Waals surface area (Å²) in [7, 11) is 3.61. The van der Waals surface area contributed by atoms with Crippen molar-refractivity contribution < 1.29 is 23.4 Å². The van der Waals surface area contributed by atoms with E-state index in [1.807, 2.05) is 0 Å². The van der Waals surface area contributed by atoms with E-state index in [0.29, 0.717) is 0 Å². The van der Waals surface area contributed by atoms with Crippen LogP contribution in [-0.4, -0.2) is 21.3 Å². The molecule has 1 saturated heterocycles. The van der Waals surface area contributed by atoms with Crippen LogP contribution >= 0.6 is 17.5 Å². The number of hydrogen-bond acceptors (Lipinski definition) is 2. The third-order valence-corrected chi connectivity index (χ3v) is 8.64.